The number of imide groups is 1. The SMILES string of the molecule is O=C(NSc1ccc(Oc2ccccc2)cc1)NC(=O)c1cc2cc(F)ccc2o1. The minimum atomic E-state index is -0.726. The first-order valence-corrected chi connectivity index (χ1v) is 9.69. The van der Waals surface area contributed by atoms with Crippen LogP contribution in [0.3, 0.4) is 0 Å². The molecular weight excluding hydrogens is 407 g/mol. The fourth-order valence-corrected chi connectivity index (χ4v) is 3.16. The number of ether oxygens (including phenoxy) is 1. The Morgan fingerprint density at radius 1 is 0.900 bits per heavy atom. The highest BCUT2D eigenvalue weighted by atomic mass is 32.2. The van der Waals surface area contributed by atoms with Crippen molar-refractivity contribution >= 4 is 34.9 Å². The molecule has 0 fully saturated rings. The highest BCUT2D eigenvalue weighted by Crippen LogP contribution is 2.24. The lowest BCUT2D eigenvalue weighted by atomic mass is 10.2. The Morgan fingerprint density at radius 3 is 2.40 bits per heavy atom. The van der Waals surface area contributed by atoms with Crippen molar-refractivity contribution in [3.8, 4) is 11.5 Å². The van der Waals surface area contributed by atoms with Crippen LogP contribution < -0.4 is 14.8 Å². The summed E-state index contributed by atoms with van der Waals surface area (Å²) >= 11 is 1.04. The van der Waals surface area contributed by atoms with E-state index in [0.29, 0.717) is 16.7 Å². The van der Waals surface area contributed by atoms with E-state index in [1.807, 2.05) is 30.3 Å². The van der Waals surface area contributed by atoms with Crippen LogP contribution in [0.1, 0.15) is 10.6 Å². The van der Waals surface area contributed by atoms with E-state index in [9.17, 15) is 14.0 Å². The zero-order chi connectivity index (χ0) is 20.9. The number of nitrogens with one attached hydrogen (secondary N) is 2. The predicted octanol–water partition coefficient (Wildman–Crippen LogP) is 5.51. The Hall–Kier alpha value is -3.78. The number of carbonyl (C=O) groups excluding carboxylic acids is 2. The second-order valence-corrected chi connectivity index (χ2v) is 7.05. The van der Waals surface area contributed by atoms with Crippen LogP contribution in [0.5, 0.6) is 11.5 Å². The van der Waals surface area contributed by atoms with Crippen LogP contribution in [0.4, 0.5) is 9.18 Å². The quantitative estimate of drug-likeness (QED) is 0.415. The third kappa shape index (κ3) is 4.79. The van der Waals surface area contributed by atoms with Gasteiger partial charge in [0.1, 0.15) is 22.9 Å². The van der Waals surface area contributed by atoms with Gasteiger partial charge in [-0.1, -0.05) is 18.2 Å². The van der Waals surface area contributed by atoms with E-state index in [1.54, 1.807) is 24.3 Å². The van der Waals surface area contributed by atoms with Gasteiger partial charge in [-0.2, -0.15) is 0 Å². The van der Waals surface area contributed by atoms with Crippen molar-refractivity contribution in [3.05, 3.63) is 90.4 Å². The Bertz CT molecular complexity index is 1190. The smallest absolute Gasteiger partial charge is 0.332 e. The Morgan fingerprint density at radius 2 is 1.63 bits per heavy atom. The van der Waals surface area contributed by atoms with Crippen molar-refractivity contribution < 1.29 is 23.1 Å². The lowest BCUT2D eigenvalue weighted by molar-refractivity contribution is 0.0940. The standard InChI is InChI=1S/C22H15FN2O4S/c23-15-6-11-19-14(12-15)13-20(29-19)21(26)24-22(27)25-30-18-9-7-17(8-10-18)28-16-4-2-1-3-5-16/h1-13H,(H2,24,25,26,27). The number of benzene rings is 3. The van der Waals surface area contributed by atoms with Gasteiger partial charge in [-0.3, -0.25) is 14.8 Å². The summed E-state index contributed by atoms with van der Waals surface area (Å²) in [5.41, 5.74) is 0.356. The van der Waals surface area contributed by atoms with Crippen molar-refractivity contribution in [2.24, 2.45) is 0 Å². The molecule has 3 amide bonds. The summed E-state index contributed by atoms with van der Waals surface area (Å²) in [6, 6.07) is 21.0. The van der Waals surface area contributed by atoms with Crippen LogP contribution in [0, 0.1) is 5.82 Å². The first-order valence-electron chi connectivity index (χ1n) is 8.87. The lowest BCUT2D eigenvalue weighted by Crippen LogP contribution is -2.36. The molecule has 0 unspecified atom stereocenters. The molecule has 0 aliphatic carbocycles. The number of furan rings is 1. The molecule has 0 aliphatic heterocycles. The number of fused-ring (bicyclic) bond motifs is 1. The van der Waals surface area contributed by atoms with Crippen LogP contribution in [-0.4, -0.2) is 11.9 Å². The van der Waals surface area contributed by atoms with Crippen molar-refractivity contribution in [1.82, 2.24) is 10.0 Å². The van der Waals surface area contributed by atoms with Crippen LogP contribution in [0.15, 0.2) is 88.2 Å². The zero-order valence-corrected chi connectivity index (χ0v) is 16.2. The summed E-state index contributed by atoms with van der Waals surface area (Å²) in [7, 11) is 0. The Balaban J connectivity index is 1.30. The van der Waals surface area contributed by atoms with Gasteiger partial charge >= 0.3 is 6.03 Å². The first-order chi connectivity index (χ1) is 14.6. The molecule has 1 heterocycles. The van der Waals surface area contributed by atoms with Crippen molar-refractivity contribution in [1.29, 1.82) is 0 Å². The minimum Gasteiger partial charge on any atom is -0.457 e. The summed E-state index contributed by atoms with van der Waals surface area (Å²) in [5.74, 6) is 0.132. The number of rotatable bonds is 5. The molecule has 30 heavy (non-hydrogen) atoms. The van der Waals surface area contributed by atoms with E-state index in [4.69, 9.17) is 9.15 Å². The van der Waals surface area contributed by atoms with E-state index >= 15 is 0 Å². The number of amides is 3. The molecule has 4 aromatic rings. The molecule has 0 radical (unpaired) electrons. The molecule has 0 atom stereocenters. The van der Waals surface area contributed by atoms with E-state index in [1.165, 1.54) is 24.3 Å². The van der Waals surface area contributed by atoms with Gasteiger partial charge in [0.2, 0.25) is 0 Å². The summed E-state index contributed by atoms with van der Waals surface area (Å²) in [6.45, 7) is 0. The molecule has 2 N–H and O–H groups in total. The maximum atomic E-state index is 13.2. The molecule has 4 rings (SSSR count). The molecule has 150 valence electrons. The lowest BCUT2D eigenvalue weighted by Gasteiger charge is -2.07. The molecule has 6 nitrogen and oxygen atoms in total. The molecule has 0 spiro atoms. The highest BCUT2D eigenvalue weighted by Gasteiger charge is 2.15. The summed E-state index contributed by atoms with van der Waals surface area (Å²) < 4.78 is 26.8. The normalized spacial score (nSPS) is 10.6. The number of hydrogen-bond acceptors (Lipinski definition) is 5. The average Bonchev–Trinajstić information content (AvgIpc) is 3.17. The highest BCUT2D eigenvalue weighted by molar-refractivity contribution is 7.98. The van der Waals surface area contributed by atoms with E-state index in [2.05, 4.69) is 10.0 Å². The van der Waals surface area contributed by atoms with Gasteiger partial charge in [0.25, 0.3) is 5.91 Å². The fraction of sp³-hybridized carbons (Fsp3) is 0. The second-order valence-electron chi connectivity index (χ2n) is 6.17. The van der Waals surface area contributed by atoms with Gasteiger partial charge in [0, 0.05) is 10.3 Å². The number of halogens is 1. The van der Waals surface area contributed by atoms with Crippen LogP contribution >= 0.6 is 11.9 Å². The summed E-state index contributed by atoms with van der Waals surface area (Å²) in [4.78, 5) is 24.9. The molecule has 0 saturated carbocycles. The topological polar surface area (TPSA) is 80.6 Å². The molecule has 8 heteroatoms. The van der Waals surface area contributed by atoms with Crippen molar-refractivity contribution in [3.63, 3.8) is 0 Å². The predicted molar refractivity (Wildman–Crippen MR) is 111 cm³/mol. The Kier molecular flexibility index (Phi) is 5.67. The van der Waals surface area contributed by atoms with E-state index < -0.39 is 17.8 Å². The fourth-order valence-electron chi connectivity index (χ4n) is 2.62. The van der Waals surface area contributed by atoms with Crippen LogP contribution in [0.2, 0.25) is 0 Å². The Labute approximate surface area is 175 Å². The summed E-state index contributed by atoms with van der Waals surface area (Å²) in [6.07, 6.45) is 0. The van der Waals surface area contributed by atoms with E-state index in [-0.39, 0.29) is 5.76 Å². The molecule has 0 saturated heterocycles. The molecule has 3 aromatic carbocycles. The minimum absolute atomic E-state index is 0.0850. The third-order valence-electron chi connectivity index (χ3n) is 3.99. The van der Waals surface area contributed by atoms with Crippen LogP contribution in [-0.2, 0) is 0 Å². The van der Waals surface area contributed by atoms with Crippen molar-refractivity contribution in [2.75, 3.05) is 0 Å². The maximum Gasteiger partial charge on any atom is 0.332 e. The number of hydrogen-bond donors (Lipinski definition) is 2. The first kappa shape index (κ1) is 19.5. The molecule has 1 aromatic heterocycles. The van der Waals surface area contributed by atoms with Gasteiger partial charge < -0.3 is 9.15 Å². The molecule has 0 bridgehead atoms. The van der Waals surface area contributed by atoms with Gasteiger partial charge in [-0.25, -0.2) is 9.18 Å². The largest absolute Gasteiger partial charge is 0.457 e. The summed E-state index contributed by atoms with van der Waals surface area (Å²) in [5, 5.41) is 2.60. The molecular formula is C22H15FN2O4S. The maximum absolute atomic E-state index is 13.2. The van der Waals surface area contributed by atoms with E-state index in [0.717, 1.165) is 22.6 Å². The zero-order valence-electron chi connectivity index (χ0n) is 15.4. The number of urea groups is 1. The van der Waals surface area contributed by atoms with Gasteiger partial charge in [-0.05, 0) is 72.6 Å². The number of para-hydroxylation sites is 1. The van der Waals surface area contributed by atoms with Gasteiger partial charge in [-0.15, -0.1) is 0 Å². The second kappa shape index (κ2) is 8.71. The third-order valence-corrected chi connectivity index (χ3v) is 4.79. The monoisotopic (exact) mass is 422 g/mol. The van der Waals surface area contributed by atoms with Gasteiger partial charge in [0.05, 0.1) is 0 Å². The van der Waals surface area contributed by atoms with Crippen LogP contribution in [0.25, 0.3) is 11.0 Å². The number of carbonyl (C=O) groups is 2. The molecule has 0 aliphatic rings. The van der Waals surface area contributed by atoms with Crippen molar-refractivity contribution in [2.45, 2.75) is 4.90 Å². The average molecular weight is 422 g/mol. The van der Waals surface area contributed by atoms with Gasteiger partial charge in [0.15, 0.2) is 5.76 Å².